The summed E-state index contributed by atoms with van der Waals surface area (Å²) in [7, 11) is -0.722. The summed E-state index contributed by atoms with van der Waals surface area (Å²) in [4.78, 5) is 2.21. The van der Waals surface area contributed by atoms with Gasteiger partial charge in [-0.15, -0.1) is 0 Å². The number of nitrogens with two attached hydrogens (primary N) is 1. The average molecular weight is 246 g/mol. The zero-order valence-electron chi connectivity index (χ0n) is 9.93. The van der Waals surface area contributed by atoms with E-state index >= 15 is 0 Å². The molecule has 2 rings (SSSR count). The first-order valence-corrected chi connectivity index (χ1v) is 7.96. The van der Waals surface area contributed by atoms with Crippen LogP contribution in [0, 0.1) is 5.92 Å². The Morgan fingerprint density at radius 3 is 2.56 bits per heavy atom. The molecule has 1 saturated carbocycles. The molecule has 3 unspecified atom stereocenters. The summed E-state index contributed by atoms with van der Waals surface area (Å²) in [5.74, 6) is 1.26. The quantitative estimate of drug-likeness (QED) is 0.774. The van der Waals surface area contributed by atoms with E-state index in [9.17, 15) is 8.42 Å². The van der Waals surface area contributed by atoms with Crippen molar-refractivity contribution in [1.29, 1.82) is 0 Å². The number of nitrogens with zero attached hydrogens (tertiary/aromatic N) is 1. The van der Waals surface area contributed by atoms with Crippen LogP contribution in [0.15, 0.2) is 0 Å². The second kappa shape index (κ2) is 4.63. The van der Waals surface area contributed by atoms with Crippen molar-refractivity contribution in [1.82, 2.24) is 4.90 Å². The molecule has 16 heavy (non-hydrogen) atoms. The Kier molecular flexibility index (Phi) is 3.56. The molecule has 0 aromatic rings. The molecule has 0 radical (unpaired) electrons. The second-order valence-corrected chi connectivity index (χ2v) is 7.58. The first kappa shape index (κ1) is 12.3. The van der Waals surface area contributed by atoms with Crippen LogP contribution >= 0.6 is 0 Å². The summed E-state index contributed by atoms with van der Waals surface area (Å²) in [6.07, 6.45) is 4.34. The molecule has 5 heteroatoms. The van der Waals surface area contributed by atoms with E-state index in [-0.39, 0.29) is 6.04 Å². The lowest BCUT2D eigenvalue weighted by Gasteiger charge is -2.27. The van der Waals surface area contributed by atoms with E-state index in [1.54, 1.807) is 0 Å². The molecule has 0 aromatic heterocycles. The highest BCUT2D eigenvalue weighted by molar-refractivity contribution is 7.91. The van der Waals surface area contributed by atoms with E-state index in [0.29, 0.717) is 23.5 Å². The first-order chi connectivity index (χ1) is 7.48. The fraction of sp³-hybridized carbons (Fsp3) is 1.00. The normalized spacial score (nSPS) is 38.3. The third kappa shape index (κ3) is 2.76. The molecule has 1 aliphatic heterocycles. The van der Waals surface area contributed by atoms with Gasteiger partial charge in [-0.25, -0.2) is 8.42 Å². The van der Waals surface area contributed by atoms with Crippen LogP contribution in [0.4, 0.5) is 0 Å². The topological polar surface area (TPSA) is 63.4 Å². The molecule has 1 heterocycles. The highest BCUT2D eigenvalue weighted by Gasteiger charge is 2.33. The van der Waals surface area contributed by atoms with Crippen LogP contribution in [-0.4, -0.2) is 50.5 Å². The van der Waals surface area contributed by atoms with Crippen molar-refractivity contribution in [3.8, 4) is 0 Å². The van der Waals surface area contributed by atoms with Gasteiger partial charge in [-0.2, -0.15) is 0 Å². The number of hydrogen-bond donors (Lipinski definition) is 1. The van der Waals surface area contributed by atoms with Crippen molar-refractivity contribution >= 4 is 9.84 Å². The van der Waals surface area contributed by atoms with Crippen LogP contribution in [0.1, 0.15) is 25.7 Å². The minimum Gasteiger partial charge on any atom is -0.327 e. The van der Waals surface area contributed by atoms with Crippen LogP contribution in [0.2, 0.25) is 0 Å². The monoisotopic (exact) mass is 246 g/mol. The maximum atomic E-state index is 11.4. The number of hydrogen-bond acceptors (Lipinski definition) is 4. The van der Waals surface area contributed by atoms with E-state index in [0.717, 1.165) is 19.4 Å². The zero-order chi connectivity index (χ0) is 11.8. The first-order valence-electron chi connectivity index (χ1n) is 6.14. The summed E-state index contributed by atoms with van der Waals surface area (Å²) in [5.41, 5.74) is 6.03. The molecule has 0 aromatic carbocycles. The lowest BCUT2D eigenvalue weighted by atomic mass is 10.0. The number of rotatable bonds is 3. The Balaban J connectivity index is 1.86. The molecular weight excluding hydrogens is 224 g/mol. The smallest absolute Gasteiger partial charge is 0.151 e. The summed E-state index contributed by atoms with van der Waals surface area (Å²) in [6.45, 7) is 0.960. The van der Waals surface area contributed by atoms with E-state index in [4.69, 9.17) is 5.73 Å². The largest absolute Gasteiger partial charge is 0.327 e. The summed E-state index contributed by atoms with van der Waals surface area (Å²) in [5, 5.41) is 0. The zero-order valence-corrected chi connectivity index (χ0v) is 10.7. The molecule has 94 valence electrons. The predicted molar refractivity (Wildman–Crippen MR) is 65.0 cm³/mol. The second-order valence-electron chi connectivity index (χ2n) is 5.35. The Labute approximate surface area is 98.1 Å². The van der Waals surface area contributed by atoms with Gasteiger partial charge in [-0.1, -0.05) is 6.42 Å². The van der Waals surface area contributed by atoms with Gasteiger partial charge in [-0.3, -0.25) is 0 Å². The van der Waals surface area contributed by atoms with Gasteiger partial charge >= 0.3 is 0 Å². The molecule has 1 saturated heterocycles. The fourth-order valence-electron chi connectivity index (χ4n) is 2.93. The van der Waals surface area contributed by atoms with Crippen LogP contribution in [0.5, 0.6) is 0 Å². The van der Waals surface area contributed by atoms with Gasteiger partial charge in [0.1, 0.15) is 0 Å². The molecule has 2 aliphatic rings. The third-order valence-corrected chi connectivity index (χ3v) is 5.82. The van der Waals surface area contributed by atoms with Gasteiger partial charge in [0.25, 0.3) is 0 Å². The Morgan fingerprint density at radius 1 is 1.31 bits per heavy atom. The highest BCUT2D eigenvalue weighted by Crippen LogP contribution is 2.26. The molecule has 2 fully saturated rings. The lowest BCUT2D eigenvalue weighted by Crippen LogP contribution is -2.40. The Morgan fingerprint density at radius 2 is 2.06 bits per heavy atom. The van der Waals surface area contributed by atoms with Crippen molar-refractivity contribution < 1.29 is 8.42 Å². The Bertz CT molecular complexity index is 342. The average Bonchev–Trinajstić information content (AvgIpc) is 2.74. The van der Waals surface area contributed by atoms with Crippen LogP contribution < -0.4 is 5.73 Å². The Hall–Kier alpha value is -0.130. The minimum atomic E-state index is -2.76. The molecule has 0 bridgehead atoms. The highest BCUT2D eigenvalue weighted by atomic mass is 32.2. The summed E-state index contributed by atoms with van der Waals surface area (Å²) >= 11 is 0. The molecule has 2 N–H and O–H groups in total. The predicted octanol–water partition coefficient (Wildman–Crippen LogP) is 0.233. The lowest BCUT2D eigenvalue weighted by molar-refractivity contribution is 0.214. The standard InChI is InChI=1S/C11H22N2O2S/c1-13(7-9-3-2-4-11(9)12)10-5-6-16(14,15)8-10/h9-11H,2-8,12H2,1H3. The molecule has 3 atom stereocenters. The molecule has 0 amide bonds. The van der Waals surface area contributed by atoms with E-state index in [1.165, 1.54) is 12.8 Å². The van der Waals surface area contributed by atoms with Gasteiger partial charge in [-0.05, 0) is 32.2 Å². The van der Waals surface area contributed by atoms with E-state index in [1.807, 2.05) is 7.05 Å². The maximum Gasteiger partial charge on any atom is 0.151 e. The van der Waals surface area contributed by atoms with E-state index in [2.05, 4.69) is 4.90 Å². The van der Waals surface area contributed by atoms with Gasteiger partial charge in [0, 0.05) is 18.6 Å². The summed E-state index contributed by atoms with van der Waals surface area (Å²) < 4.78 is 22.8. The van der Waals surface area contributed by atoms with Crippen molar-refractivity contribution in [2.24, 2.45) is 11.7 Å². The van der Waals surface area contributed by atoms with Crippen molar-refractivity contribution in [3.63, 3.8) is 0 Å². The molecular formula is C11H22N2O2S. The van der Waals surface area contributed by atoms with Gasteiger partial charge in [0.05, 0.1) is 11.5 Å². The molecule has 4 nitrogen and oxygen atoms in total. The van der Waals surface area contributed by atoms with Crippen LogP contribution in [-0.2, 0) is 9.84 Å². The minimum absolute atomic E-state index is 0.220. The van der Waals surface area contributed by atoms with Crippen molar-refractivity contribution in [2.45, 2.75) is 37.8 Å². The van der Waals surface area contributed by atoms with Gasteiger partial charge in [0.2, 0.25) is 0 Å². The molecule has 0 spiro atoms. The molecule has 1 aliphatic carbocycles. The van der Waals surface area contributed by atoms with Gasteiger partial charge in [0.15, 0.2) is 9.84 Å². The SMILES string of the molecule is CN(CC1CCCC1N)C1CCS(=O)(=O)C1. The van der Waals surface area contributed by atoms with Crippen LogP contribution in [0.25, 0.3) is 0 Å². The van der Waals surface area contributed by atoms with Crippen molar-refractivity contribution in [2.75, 3.05) is 25.1 Å². The summed E-state index contributed by atoms with van der Waals surface area (Å²) in [6, 6.07) is 0.540. The third-order valence-electron chi connectivity index (χ3n) is 4.07. The number of sulfone groups is 1. The maximum absolute atomic E-state index is 11.4. The van der Waals surface area contributed by atoms with Gasteiger partial charge < -0.3 is 10.6 Å². The van der Waals surface area contributed by atoms with Crippen LogP contribution in [0.3, 0.4) is 0 Å². The fourth-order valence-corrected chi connectivity index (χ4v) is 4.74. The van der Waals surface area contributed by atoms with E-state index < -0.39 is 9.84 Å². The van der Waals surface area contributed by atoms with Crippen molar-refractivity contribution in [3.05, 3.63) is 0 Å².